The third kappa shape index (κ3) is 3.93. The molecule has 0 aliphatic heterocycles. The number of rotatable bonds is 5. The van der Waals surface area contributed by atoms with E-state index in [0.29, 0.717) is 6.42 Å². The SMILES string of the molecule is COC(=O)C(C)S(=O)(=O)NCC1CCCCC1O. The first-order valence-corrected chi connectivity index (χ1v) is 7.67. The molecule has 0 saturated heterocycles. The molecule has 0 aromatic heterocycles. The molecule has 0 aromatic carbocycles. The second kappa shape index (κ2) is 6.49. The number of hydrogen-bond acceptors (Lipinski definition) is 5. The highest BCUT2D eigenvalue weighted by molar-refractivity contribution is 7.90. The van der Waals surface area contributed by atoms with Crippen molar-refractivity contribution in [3.8, 4) is 0 Å². The molecule has 0 heterocycles. The van der Waals surface area contributed by atoms with Gasteiger partial charge < -0.3 is 9.84 Å². The maximum Gasteiger partial charge on any atom is 0.325 e. The van der Waals surface area contributed by atoms with Gasteiger partial charge in [0, 0.05) is 6.54 Å². The lowest BCUT2D eigenvalue weighted by atomic mass is 9.87. The van der Waals surface area contributed by atoms with Crippen molar-refractivity contribution in [2.24, 2.45) is 5.92 Å². The number of aliphatic hydroxyl groups is 1. The van der Waals surface area contributed by atoms with Gasteiger partial charge in [-0.1, -0.05) is 12.8 Å². The van der Waals surface area contributed by atoms with Crippen LogP contribution in [0.5, 0.6) is 0 Å². The molecule has 0 radical (unpaired) electrons. The summed E-state index contributed by atoms with van der Waals surface area (Å²) in [6, 6.07) is 0. The fourth-order valence-electron chi connectivity index (χ4n) is 2.07. The van der Waals surface area contributed by atoms with E-state index in [0.717, 1.165) is 26.4 Å². The molecule has 0 bridgehead atoms. The fourth-order valence-corrected chi connectivity index (χ4v) is 3.11. The van der Waals surface area contributed by atoms with Gasteiger partial charge >= 0.3 is 5.97 Å². The van der Waals surface area contributed by atoms with E-state index in [1.54, 1.807) is 0 Å². The molecule has 106 valence electrons. The first-order chi connectivity index (χ1) is 8.38. The number of carbonyl (C=O) groups excluding carboxylic acids is 1. The quantitative estimate of drug-likeness (QED) is 0.692. The second-order valence-corrected chi connectivity index (χ2v) is 6.76. The zero-order valence-electron chi connectivity index (χ0n) is 10.8. The molecular weight excluding hydrogens is 258 g/mol. The van der Waals surface area contributed by atoms with Crippen molar-refractivity contribution in [1.82, 2.24) is 4.72 Å². The van der Waals surface area contributed by atoms with E-state index < -0.39 is 27.3 Å². The Kier molecular flexibility index (Phi) is 5.55. The monoisotopic (exact) mass is 279 g/mol. The van der Waals surface area contributed by atoms with Crippen LogP contribution in [0.1, 0.15) is 32.6 Å². The zero-order valence-corrected chi connectivity index (χ0v) is 11.6. The summed E-state index contributed by atoms with van der Waals surface area (Å²) in [5, 5.41) is 8.50. The Bertz CT molecular complexity index is 381. The molecule has 6 nitrogen and oxygen atoms in total. The average molecular weight is 279 g/mol. The summed E-state index contributed by atoms with van der Waals surface area (Å²) in [4.78, 5) is 11.2. The third-order valence-corrected chi connectivity index (χ3v) is 5.11. The van der Waals surface area contributed by atoms with E-state index in [4.69, 9.17) is 0 Å². The molecule has 0 aromatic rings. The van der Waals surface area contributed by atoms with Gasteiger partial charge in [-0.05, 0) is 25.7 Å². The normalized spacial score (nSPS) is 26.6. The molecule has 1 aliphatic carbocycles. The third-order valence-electron chi connectivity index (χ3n) is 3.41. The molecule has 18 heavy (non-hydrogen) atoms. The summed E-state index contributed by atoms with van der Waals surface area (Å²) in [5.41, 5.74) is 0. The number of ether oxygens (including phenoxy) is 1. The van der Waals surface area contributed by atoms with E-state index in [-0.39, 0.29) is 12.5 Å². The Hall–Kier alpha value is -0.660. The topological polar surface area (TPSA) is 92.7 Å². The van der Waals surface area contributed by atoms with Crippen LogP contribution in [0.25, 0.3) is 0 Å². The van der Waals surface area contributed by atoms with Gasteiger partial charge in [0.05, 0.1) is 13.2 Å². The molecule has 2 N–H and O–H groups in total. The standard InChI is InChI=1S/C11H21NO5S/c1-8(11(14)17-2)18(15,16)12-7-9-5-3-4-6-10(9)13/h8-10,12-13H,3-7H2,1-2H3. The van der Waals surface area contributed by atoms with Crippen LogP contribution in [0.4, 0.5) is 0 Å². The van der Waals surface area contributed by atoms with E-state index in [2.05, 4.69) is 9.46 Å². The molecular formula is C11H21NO5S. The van der Waals surface area contributed by atoms with E-state index >= 15 is 0 Å². The lowest BCUT2D eigenvalue weighted by molar-refractivity contribution is -0.139. The summed E-state index contributed by atoms with van der Waals surface area (Å²) in [6.45, 7) is 1.45. The zero-order chi connectivity index (χ0) is 13.8. The lowest BCUT2D eigenvalue weighted by Gasteiger charge is -2.27. The van der Waals surface area contributed by atoms with Crippen molar-refractivity contribution in [2.45, 2.75) is 44.0 Å². The number of aliphatic hydroxyl groups excluding tert-OH is 1. The van der Waals surface area contributed by atoms with Gasteiger partial charge in [-0.15, -0.1) is 0 Å². The lowest BCUT2D eigenvalue weighted by Crippen LogP contribution is -2.42. The summed E-state index contributed by atoms with van der Waals surface area (Å²) >= 11 is 0. The summed E-state index contributed by atoms with van der Waals surface area (Å²) in [5.74, 6) is -0.856. The molecule has 3 atom stereocenters. The Morgan fingerprint density at radius 3 is 2.61 bits per heavy atom. The van der Waals surface area contributed by atoms with Crippen LogP contribution in [0, 0.1) is 5.92 Å². The van der Waals surface area contributed by atoms with Crippen LogP contribution in [0.3, 0.4) is 0 Å². The van der Waals surface area contributed by atoms with Gasteiger partial charge in [-0.2, -0.15) is 0 Å². The largest absolute Gasteiger partial charge is 0.468 e. The maximum atomic E-state index is 11.8. The molecule has 1 saturated carbocycles. The Balaban J connectivity index is 2.53. The van der Waals surface area contributed by atoms with Crippen LogP contribution >= 0.6 is 0 Å². The number of nitrogens with one attached hydrogen (secondary N) is 1. The van der Waals surface area contributed by atoms with Crippen molar-refractivity contribution in [3.05, 3.63) is 0 Å². The van der Waals surface area contributed by atoms with Crippen LogP contribution in [-0.2, 0) is 19.6 Å². The number of esters is 1. The molecule has 1 fully saturated rings. The van der Waals surface area contributed by atoms with Crippen LogP contribution in [-0.4, -0.2) is 44.5 Å². The molecule has 7 heteroatoms. The first kappa shape index (κ1) is 15.4. The Labute approximate surface area is 108 Å². The van der Waals surface area contributed by atoms with Crippen LogP contribution in [0.2, 0.25) is 0 Å². The number of methoxy groups -OCH3 is 1. The van der Waals surface area contributed by atoms with Gasteiger partial charge in [-0.3, -0.25) is 4.79 Å². The highest BCUT2D eigenvalue weighted by atomic mass is 32.2. The number of hydrogen-bond donors (Lipinski definition) is 2. The molecule has 0 amide bonds. The van der Waals surface area contributed by atoms with Crippen molar-refractivity contribution in [3.63, 3.8) is 0 Å². The van der Waals surface area contributed by atoms with Gasteiger partial charge in [0.1, 0.15) is 0 Å². The fraction of sp³-hybridized carbons (Fsp3) is 0.909. The van der Waals surface area contributed by atoms with Gasteiger partial charge in [-0.25, -0.2) is 13.1 Å². The predicted octanol–water partition coefficient (Wildman–Crippen LogP) is 0.0184. The van der Waals surface area contributed by atoms with Crippen molar-refractivity contribution >= 4 is 16.0 Å². The van der Waals surface area contributed by atoms with Gasteiger partial charge in [0.2, 0.25) is 10.0 Å². The number of carbonyl (C=O) groups is 1. The first-order valence-electron chi connectivity index (χ1n) is 6.13. The Morgan fingerprint density at radius 2 is 2.06 bits per heavy atom. The van der Waals surface area contributed by atoms with Gasteiger partial charge in [0.25, 0.3) is 0 Å². The minimum absolute atomic E-state index is 0.0710. The minimum atomic E-state index is -3.73. The Morgan fingerprint density at radius 1 is 1.44 bits per heavy atom. The van der Waals surface area contributed by atoms with E-state index in [1.165, 1.54) is 6.92 Å². The summed E-state index contributed by atoms with van der Waals surface area (Å²) in [7, 11) is -2.58. The summed E-state index contributed by atoms with van der Waals surface area (Å²) in [6.07, 6.45) is 3.02. The molecule has 1 aliphatic rings. The highest BCUT2D eigenvalue weighted by Gasteiger charge is 2.31. The van der Waals surface area contributed by atoms with Crippen molar-refractivity contribution in [1.29, 1.82) is 0 Å². The smallest absolute Gasteiger partial charge is 0.325 e. The summed E-state index contributed by atoms with van der Waals surface area (Å²) < 4.78 is 30.4. The maximum absolute atomic E-state index is 11.8. The highest BCUT2D eigenvalue weighted by Crippen LogP contribution is 2.23. The molecule has 1 rings (SSSR count). The predicted molar refractivity (Wildman–Crippen MR) is 66.4 cm³/mol. The van der Waals surface area contributed by atoms with E-state index in [1.807, 2.05) is 0 Å². The average Bonchev–Trinajstić information content (AvgIpc) is 2.36. The number of sulfonamides is 1. The molecule has 0 spiro atoms. The van der Waals surface area contributed by atoms with Crippen molar-refractivity contribution < 1.29 is 23.1 Å². The van der Waals surface area contributed by atoms with Crippen LogP contribution in [0.15, 0.2) is 0 Å². The van der Waals surface area contributed by atoms with Gasteiger partial charge in [0.15, 0.2) is 5.25 Å². The van der Waals surface area contributed by atoms with Crippen LogP contribution < -0.4 is 4.72 Å². The van der Waals surface area contributed by atoms with E-state index in [9.17, 15) is 18.3 Å². The minimum Gasteiger partial charge on any atom is -0.468 e. The molecule has 3 unspecified atom stereocenters. The van der Waals surface area contributed by atoms with Crippen molar-refractivity contribution in [2.75, 3.05) is 13.7 Å². The second-order valence-electron chi connectivity index (χ2n) is 4.67.